The van der Waals surface area contributed by atoms with E-state index in [0.717, 1.165) is 0 Å². The van der Waals surface area contributed by atoms with E-state index in [1.54, 1.807) is 6.21 Å². The Hall–Kier alpha value is -1.67. The highest BCUT2D eigenvalue weighted by atomic mass is 16.5. The average Bonchev–Trinajstić information content (AvgIpc) is 2.60. The van der Waals surface area contributed by atoms with E-state index in [-0.39, 0.29) is 0 Å². The Morgan fingerprint density at radius 1 is 1.85 bits per heavy atom. The second kappa shape index (κ2) is 5.06. The van der Waals surface area contributed by atoms with Crippen molar-refractivity contribution in [3.05, 3.63) is 12.0 Å². The molecule has 0 aliphatic carbocycles. The van der Waals surface area contributed by atoms with Gasteiger partial charge in [0.05, 0.1) is 12.9 Å². The number of rotatable bonds is 4. The number of aliphatic imine (C=N–C) groups is 1. The van der Waals surface area contributed by atoms with Crippen LogP contribution in [0.2, 0.25) is 0 Å². The maximum atomic E-state index is 8.58. The van der Waals surface area contributed by atoms with E-state index in [4.69, 9.17) is 10.00 Å². The second-order valence-electron chi connectivity index (χ2n) is 2.18. The van der Waals surface area contributed by atoms with E-state index in [1.807, 2.05) is 13.0 Å². The SMILES string of the molecule is CCOCC=Nc1nc[nH]c1C#N. The lowest BCUT2D eigenvalue weighted by atomic mass is 10.5. The normalized spacial score (nSPS) is 10.5. The summed E-state index contributed by atoms with van der Waals surface area (Å²) in [6, 6.07) is 1.94. The topological polar surface area (TPSA) is 74.1 Å². The third-order valence-electron chi connectivity index (χ3n) is 1.34. The number of imidazole rings is 1. The highest BCUT2D eigenvalue weighted by Crippen LogP contribution is 2.10. The van der Waals surface area contributed by atoms with Crippen LogP contribution >= 0.6 is 0 Å². The van der Waals surface area contributed by atoms with Crippen molar-refractivity contribution in [2.75, 3.05) is 13.2 Å². The molecule has 0 fully saturated rings. The number of H-pyrrole nitrogens is 1. The van der Waals surface area contributed by atoms with Crippen molar-refractivity contribution in [2.45, 2.75) is 6.92 Å². The van der Waals surface area contributed by atoms with Crippen molar-refractivity contribution in [3.8, 4) is 6.07 Å². The Balaban J connectivity index is 2.54. The number of hydrogen-bond acceptors (Lipinski definition) is 4. The van der Waals surface area contributed by atoms with Crippen LogP contribution in [0, 0.1) is 11.3 Å². The van der Waals surface area contributed by atoms with Gasteiger partial charge in [0.1, 0.15) is 6.07 Å². The molecule has 0 atom stereocenters. The highest BCUT2D eigenvalue weighted by molar-refractivity contribution is 5.64. The van der Waals surface area contributed by atoms with E-state index >= 15 is 0 Å². The lowest BCUT2D eigenvalue weighted by molar-refractivity contribution is 0.190. The lowest BCUT2D eigenvalue weighted by Crippen LogP contribution is -1.93. The molecule has 1 aromatic rings. The van der Waals surface area contributed by atoms with Gasteiger partial charge in [-0.15, -0.1) is 0 Å². The van der Waals surface area contributed by atoms with Gasteiger partial charge in [-0.1, -0.05) is 0 Å². The molecule has 68 valence electrons. The van der Waals surface area contributed by atoms with Crippen molar-refractivity contribution in [1.82, 2.24) is 9.97 Å². The Morgan fingerprint density at radius 3 is 3.38 bits per heavy atom. The van der Waals surface area contributed by atoms with E-state index in [0.29, 0.717) is 24.7 Å². The number of ether oxygens (including phenoxy) is 1. The Kier molecular flexibility index (Phi) is 3.67. The molecule has 5 nitrogen and oxygen atoms in total. The Bertz CT molecular complexity index is 323. The predicted molar refractivity (Wildman–Crippen MR) is 47.9 cm³/mol. The maximum Gasteiger partial charge on any atom is 0.188 e. The summed E-state index contributed by atoms with van der Waals surface area (Å²) in [5.41, 5.74) is 0.368. The zero-order valence-electron chi connectivity index (χ0n) is 7.32. The van der Waals surface area contributed by atoms with Crippen LogP contribution in [-0.2, 0) is 4.74 Å². The molecular formula is C8H10N4O. The van der Waals surface area contributed by atoms with Crippen LogP contribution in [0.5, 0.6) is 0 Å². The molecule has 0 saturated heterocycles. The van der Waals surface area contributed by atoms with E-state index < -0.39 is 0 Å². The smallest absolute Gasteiger partial charge is 0.188 e. The first-order valence-corrected chi connectivity index (χ1v) is 3.92. The number of hydrogen-bond donors (Lipinski definition) is 1. The minimum atomic E-state index is 0.368. The van der Waals surface area contributed by atoms with E-state index in [1.165, 1.54) is 6.33 Å². The molecule has 0 unspecified atom stereocenters. The van der Waals surface area contributed by atoms with Crippen molar-refractivity contribution < 1.29 is 4.74 Å². The van der Waals surface area contributed by atoms with Crippen LogP contribution in [-0.4, -0.2) is 29.4 Å². The minimum absolute atomic E-state index is 0.368. The molecule has 0 aromatic carbocycles. The average molecular weight is 178 g/mol. The molecule has 0 aliphatic heterocycles. The first-order valence-electron chi connectivity index (χ1n) is 3.92. The maximum absolute atomic E-state index is 8.58. The zero-order valence-corrected chi connectivity index (χ0v) is 7.32. The quantitative estimate of drug-likeness (QED) is 0.552. The van der Waals surface area contributed by atoms with Gasteiger partial charge in [0, 0.05) is 12.8 Å². The van der Waals surface area contributed by atoms with Gasteiger partial charge in [-0.3, -0.25) is 0 Å². The Morgan fingerprint density at radius 2 is 2.69 bits per heavy atom. The summed E-state index contributed by atoms with van der Waals surface area (Å²) in [5.74, 6) is 0.405. The summed E-state index contributed by atoms with van der Waals surface area (Å²) in [6.07, 6.45) is 3.02. The second-order valence-corrected chi connectivity index (χ2v) is 2.18. The van der Waals surface area contributed by atoms with Gasteiger partial charge in [-0.25, -0.2) is 9.98 Å². The van der Waals surface area contributed by atoms with Gasteiger partial charge in [-0.05, 0) is 6.92 Å². The van der Waals surface area contributed by atoms with Gasteiger partial charge in [0.2, 0.25) is 0 Å². The van der Waals surface area contributed by atoms with Crippen molar-refractivity contribution in [2.24, 2.45) is 4.99 Å². The molecule has 1 aromatic heterocycles. The van der Waals surface area contributed by atoms with Crippen LogP contribution in [0.4, 0.5) is 5.82 Å². The molecule has 0 spiro atoms. The summed E-state index contributed by atoms with van der Waals surface area (Å²) in [6.45, 7) is 3.00. The van der Waals surface area contributed by atoms with E-state index in [2.05, 4.69) is 15.0 Å². The predicted octanol–water partition coefficient (Wildman–Crippen LogP) is 1.02. The molecule has 0 aliphatic rings. The monoisotopic (exact) mass is 178 g/mol. The summed E-state index contributed by atoms with van der Waals surface area (Å²) in [4.78, 5) is 10.5. The molecule has 1 rings (SSSR count). The van der Waals surface area contributed by atoms with Crippen molar-refractivity contribution in [1.29, 1.82) is 5.26 Å². The summed E-state index contributed by atoms with van der Waals surface area (Å²) in [5, 5.41) is 8.58. The van der Waals surface area contributed by atoms with E-state index in [9.17, 15) is 0 Å². The molecule has 0 bridgehead atoms. The highest BCUT2D eigenvalue weighted by Gasteiger charge is 1.99. The number of aromatic amines is 1. The van der Waals surface area contributed by atoms with Gasteiger partial charge < -0.3 is 9.72 Å². The van der Waals surface area contributed by atoms with Crippen LogP contribution < -0.4 is 0 Å². The third-order valence-corrected chi connectivity index (χ3v) is 1.34. The van der Waals surface area contributed by atoms with Gasteiger partial charge in [0.25, 0.3) is 0 Å². The Labute approximate surface area is 76.1 Å². The van der Waals surface area contributed by atoms with Crippen LogP contribution in [0.25, 0.3) is 0 Å². The fourth-order valence-corrected chi connectivity index (χ4v) is 0.762. The first kappa shape index (κ1) is 9.42. The minimum Gasteiger partial charge on any atom is -0.376 e. The van der Waals surface area contributed by atoms with Crippen LogP contribution in [0.3, 0.4) is 0 Å². The fourth-order valence-electron chi connectivity index (χ4n) is 0.762. The molecule has 13 heavy (non-hydrogen) atoms. The number of nitrogens with zero attached hydrogens (tertiary/aromatic N) is 3. The zero-order chi connectivity index (χ0) is 9.52. The molecular weight excluding hydrogens is 168 g/mol. The standard InChI is InChI=1S/C8H10N4O/c1-2-13-4-3-10-8-7(5-9)11-6-12-8/h3,6H,2,4H2,1H3,(H,11,12). The molecule has 5 heteroatoms. The fraction of sp³-hybridized carbons (Fsp3) is 0.375. The van der Waals surface area contributed by atoms with Crippen LogP contribution in [0.1, 0.15) is 12.6 Å². The molecule has 0 saturated carbocycles. The van der Waals surface area contributed by atoms with Gasteiger partial charge in [-0.2, -0.15) is 5.26 Å². The summed E-state index contributed by atoms with van der Waals surface area (Å²) in [7, 11) is 0. The van der Waals surface area contributed by atoms with Gasteiger partial charge in [0.15, 0.2) is 11.5 Å². The molecule has 1 heterocycles. The lowest BCUT2D eigenvalue weighted by Gasteiger charge is -1.91. The van der Waals surface area contributed by atoms with Crippen molar-refractivity contribution in [3.63, 3.8) is 0 Å². The van der Waals surface area contributed by atoms with Gasteiger partial charge >= 0.3 is 0 Å². The molecule has 0 amide bonds. The molecule has 0 radical (unpaired) electrons. The molecule has 1 N–H and O–H groups in total. The number of nitriles is 1. The third kappa shape index (κ3) is 2.69. The number of nitrogens with one attached hydrogen (secondary N) is 1. The van der Waals surface area contributed by atoms with Crippen LogP contribution in [0.15, 0.2) is 11.3 Å². The first-order chi connectivity index (χ1) is 6.38. The largest absolute Gasteiger partial charge is 0.376 e. The summed E-state index contributed by atoms with van der Waals surface area (Å²) < 4.78 is 5.04. The van der Waals surface area contributed by atoms with Crippen molar-refractivity contribution >= 4 is 12.0 Å². The number of aromatic nitrogens is 2. The summed E-state index contributed by atoms with van der Waals surface area (Å²) >= 11 is 0.